The van der Waals surface area contributed by atoms with E-state index in [0.717, 1.165) is 56.4 Å². The highest BCUT2D eigenvalue weighted by Gasteiger charge is 2.48. The van der Waals surface area contributed by atoms with Crippen molar-refractivity contribution < 1.29 is 0 Å². The van der Waals surface area contributed by atoms with Crippen LogP contribution in [0.5, 0.6) is 0 Å². The number of hydrogen-bond acceptors (Lipinski definition) is 2. The first-order valence-electron chi connectivity index (χ1n) is 31.3. The minimum absolute atomic E-state index is 0.506. The van der Waals surface area contributed by atoms with Crippen LogP contribution in [0.15, 0.2) is 303 Å². The zero-order chi connectivity index (χ0) is 60.2. The van der Waals surface area contributed by atoms with Crippen LogP contribution in [0.25, 0.3) is 100 Å². The molecule has 15 aromatic rings. The fourth-order valence-corrected chi connectivity index (χ4v) is 15.2. The molecule has 2 aliphatic rings. The first kappa shape index (κ1) is 53.1. The first-order chi connectivity index (χ1) is 44.2. The average molecular weight is 1150 g/mol. The predicted molar refractivity (Wildman–Crippen MR) is 371 cm³/mol. The first-order valence-corrected chi connectivity index (χ1v) is 31.3. The molecule has 0 saturated heterocycles. The second kappa shape index (κ2) is 20.7. The lowest BCUT2D eigenvalue weighted by Crippen LogP contribution is -2.28. The molecule has 0 N–H and O–H groups in total. The lowest BCUT2D eigenvalue weighted by atomic mass is 9.67. The highest BCUT2D eigenvalue weighted by molar-refractivity contribution is 6.09. The fraction of sp³-hybridized carbons (Fsp3) is 0.0698. The van der Waals surface area contributed by atoms with Gasteiger partial charge in [0.1, 0.15) is 0 Å². The number of benzene rings is 13. The van der Waals surface area contributed by atoms with Crippen molar-refractivity contribution in [3.05, 3.63) is 370 Å². The summed E-state index contributed by atoms with van der Waals surface area (Å²) in [5.74, 6) is 1.52. The molecule has 17 rings (SSSR count). The largest absolute Gasteiger partial charge is 0.309 e. The van der Waals surface area contributed by atoms with Gasteiger partial charge in [-0.15, -0.1) is 10.2 Å². The summed E-state index contributed by atoms with van der Waals surface area (Å²) in [5, 5.41) is 12.7. The van der Waals surface area contributed by atoms with E-state index in [1.165, 1.54) is 111 Å². The van der Waals surface area contributed by atoms with Crippen LogP contribution in [0.3, 0.4) is 0 Å². The molecular weight excluding hydrogens is 1090 g/mol. The van der Waals surface area contributed by atoms with Gasteiger partial charge in [0.25, 0.3) is 0 Å². The Morgan fingerprint density at radius 2 is 0.544 bits per heavy atom. The molecule has 90 heavy (non-hydrogen) atoms. The monoisotopic (exact) mass is 1150 g/mol. The third kappa shape index (κ3) is 8.07. The second-order valence-corrected chi connectivity index (χ2v) is 24.8. The maximum Gasteiger partial charge on any atom is 0.168 e. The van der Waals surface area contributed by atoms with E-state index in [0.29, 0.717) is 0 Å². The Kier molecular flexibility index (Phi) is 12.2. The molecular formula is C86H62N4. The van der Waals surface area contributed by atoms with E-state index in [4.69, 9.17) is 10.2 Å². The highest BCUT2D eigenvalue weighted by Crippen LogP contribution is 2.59. The summed E-state index contributed by atoms with van der Waals surface area (Å²) in [7, 11) is 0. The standard InChI is InChI=1S/C86H62N4/c1-55-21-39-65(40-22-55)85(66-41-23-56(2)24-42-66)77-17-9-5-13-71(77)73-51-37-63(53-79(73)85)59-29-33-61(34-30-59)83-87-88-84(90(83)70-49-47-69(48-50-70)89-81-19-11-7-15-75(81)76-16-8-12-20-82(76)89)62-35-31-60(32-36-62)64-38-52-74-72-14-6-10-18-78(72)86(80(74)54-64,67-43-25-57(3)26-44-67)68-45-27-58(4)28-46-68/h5-54H,1-4H3. The SMILES string of the molecule is Cc1ccc(C2(c3ccc(C)cc3)c3ccccc3-c3ccc(-c4ccc(-c5nnc(-c6ccc(-c7ccc8c(c7)C(c7ccc(C)cc7)(c7ccc(C)cc7)c7ccccc7-8)cc6)n5-c5ccc(-n6c7ccccc7c7ccccc76)cc5)cc4)cc32)cc1. The van der Waals surface area contributed by atoms with E-state index < -0.39 is 10.8 Å². The predicted octanol–water partition coefficient (Wildman–Crippen LogP) is 21.0. The van der Waals surface area contributed by atoms with Gasteiger partial charge in [-0.05, 0) is 165 Å². The Morgan fingerprint density at radius 3 is 0.922 bits per heavy atom. The quantitative estimate of drug-likeness (QED) is 0.137. The summed E-state index contributed by atoms with van der Waals surface area (Å²) in [6, 6.07) is 113. The maximum atomic E-state index is 5.10. The van der Waals surface area contributed by atoms with Gasteiger partial charge in [0.05, 0.1) is 21.9 Å². The van der Waals surface area contributed by atoms with Gasteiger partial charge in [0, 0.05) is 33.3 Å². The van der Waals surface area contributed by atoms with Crippen molar-refractivity contribution in [2.24, 2.45) is 0 Å². The third-order valence-corrected chi connectivity index (χ3v) is 19.6. The average Bonchev–Trinajstić information content (AvgIpc) is 1.55. The molecule has 0 fully saturated rings. The van der Waals surface area contributed by atoms with Crippen LogP contribution < -0.4 is 0 Å². The molecule has 2 heterocycles. The van der Waals surface area contributed by atoms with Gasteiger partial charge in [-0.2, -0.15) is 0 Å². The molecule has 0 aliphatic heterocycles. The van der Waals surface area contributed by atoms with Crippen LogP contribution in [-0.2, 0) is 10.8 Å². The fourth-order valence-electron chi connectivity index (χ4n) is 15.2. The van der Waals surface area contributed by atoms with Crippen molar-refractivity contribution in [2.75, 3.05) is 0 Å². The van der Waals surface area contributed by atoms with Gasteiger partial charge in [-0.3, -0.25) is 4.57 Å². The molecule has 426 valence electrons. The van der Waals surface area contributed by atoms with Crippen molar-refractivity contribution in [1.29, 1.82) is 0 Å². The van der Waals surface area contributed by atoms with Crippen molar-refractivity contribution in [3.8, 4) is 78.7 Å². The molecule has 2 aliphatic carbocycles. The van der Waals surface area contributed by atoms with Crippen LogP contribution in [0.4, 0.5) is 0 Å². The number of fused-ring (bicyclic) bond motifs is 9. The van der Waals surface area contributed by atoms with Gasteiger partial charge in [-0.25, -0.2) is 0 Å². The van der Waals surface area contributed by atoms with Crippen molar-refractivity contribution >= 4 is 21.8 Å². The molecule has 4 heteroatoms. The van der Waals surface area contributed by atoms with Crippen LogP contribution in [0.1, 0.15) is 66.8 Å². The normalized spacial score (nSPS) is 13.3. The van der Waals surface area contributed by atoms with Gasteiger partial charge in [0.2, 0.25) is 0 Å². The number of nitrogens with zero attached hydrogens (tertiary/aromatic N) is 4. The summed E-state index contributed by atoms with van der Waals surface area (Å²) in [6.45, 7) is 8.68. The lowest BCUT2D eigenvalue weighted by molar-refractivity contribution is 0.768. The number of aryl methyl sites for hydroxylation is 4. The third-order valence-electron chi connectivity index (χ3n) is 19.6. The van der Waals surface area contributed by atoms with Crippen molar-refractivity contribution in [2.45, 2.75) is 38.5 Å². The van der Waals surface area contributed by atoms with E-state index in [1.54, 1.807) is 0 Å². The molecule has 0 radical (unpaired) electrons. The summed E-state index contributed by atoms with van der Waals surface area (Å²) in [6.07, 6.45) is 0. The Morgan fingerprint density at radius 1 is 0.244 bits per heavy atom. The molecule has 2 aromatic heterocycles. The van der Waals surface area contributed by atoms with Crippen molar-refractivity contribution in [1.82, 2.24) is 19.3 Å². The van der Waals surface area contributed by atoms with Crippen molar-refractivity contribution in [3.63, 3.8) is 0 Å². The molecule has 4 nitrogen and oxygen atoms in total. The smallest absolute Gasteiger partial charge is 0.168 e. The Hall–Kier alpha value is -11.2. The van der Waals surface area contributed by atoms with Gasteiger partial charge >= 0.3 is 0 Å². The number of aromatic nitrogens is 4. The zero-order valence-corrected chi connectivity index (χ0v) is 50.7. The Bertz CT molecular complexity index is 4880. The molecule has 0 saturated carbocycles. The molecule has 13 aromatic carbocycles. The second-order valence-electron chi connectivity index (χ2n) is 24.8. The van der Waals surface area contributed by atoms with Crippen LogP contribution in [0.2, 0.25) is 0 Å². The van der Waals surface area contributed by atoms with Gasteiger partial charge in [-0.1, -0.05) is 277 Å². The van der Waals surface area contributed by atoms with E-state index >= 15 is 0 Å². The van der Waals surface area contributed by atoms with E-state index in [-0.39, 0.29) is 0 Å². The number of rotatable bonds is 10. The molecule has 0 atom stereocenters. The summed E-state index contributed by atoms with van der Waals surface area (Å²) >= 11 is 0. The maximum absolute atomic E-state index is 5.10. The van der Waals surface area contributed by atoms with E-state index in [9.17, 15) is 0 Å². The number of hydrogen-bond donors (Lipinski definition) is 0. The zero-order valence-electron chi connectivity index (χ0n) is 50.7. The minimum Gasteiger partial charge on any atom is -0.309 e. The topological polar surface area (TPSA) is 35.6 Å². The lowest BCUT2D eigenvalue weighted by Gasteiger charge is -2.34. The molecule has 0 spiro atoms. The molecule has 0 unspecified atom stereocenters. The molecule has 0 amide bonds. The summed E-state index contributed by atoms with van der Waals surface area (Å²) in [5.41, 5.74) is 30.2. The number of para-hydroxylation sites is 2. The van der Waals surface area contributed by atoms with Crippen LogP contribution >= 0.6 is 0 Å². The minimum atomic E-state index is -0.506. The Balaban J connectivity index is 0.778. The van der Waals surface area contributed by atoms with Crippen LogP contribution in [-0.4, -0.2) is 19.3 Å². The van der Waals surface area contributed by atoms with Gasteiger partial charge in [0.15, 0.2) is 11.6 Å². The summed E-state index contributed by atoms with van der Waals surface area (Å²) < 4.78 is 4.60. The van der Waals surface area contributed by atoms with E-state index in [2.05, 4.69) is 340 Å². The molecule has 0 bridgehead atoms. The van der Waals surface area contributed by atoms with E-state index in [1.807, 2.05) is 0 Å². The van der Waals surface area contributed by atoms with Gasteiger partial charge < -0.3 is 4.57 Å². The summed E-state index contributed by atoms with van der Waals surface area (Å²) in [4.78, 5) is 0. The van der Waals surface area contributed by atoms with Crippen LogP contribution in [0, 0.1) is 27.7 Å². The highest BCUT2D eigenvalue weighted by atomic mass is 15.3. The Labute approximate surface area is 525 Å².